The third-order valence-corrected chi connectivity index (χ3v) is 6.57. The summed E-state index contributed by atoms with van der Waals surface area (Å²) in [6.45, 7) is 4.81. The van der Waals surface area contributed by atoms with E-state index in [1.165, 1.54) is 4.90 Å². The van der Waals surface area contributed by atoms with E-state index in [0.29, 0.717) is 35.9 Å². The molecule has 2 heterocycles. The molecule has 4 rings (SSSR count). The molecule has 2 aliphatic heterocycles. The number of carbonyl (C=O) groups excluding carboxylic acids is 3. The number of methoxy groups -OCH3 is 1. The molecule has 2 aromatic rings. The van der Waals surface area contributed by atoms with E-state index in [-0.39, 0.29) is 30.9 Å². The Labute approximate surface area is 215 Å². The van der Waals surface area contributed by atoms with Crippen molar-refractivity contribution in [1.82, 2.24) is 20.4 Å². The number of benzene rings is 2. The first-order valence-corrected chi connectivity index (χ1v) is 12.1. The zero-order valence-electron chi connectivity index (χ0n) is 20.1. The summed E-state index contributed by atoms with van der Waals surface area (Å²) in [5.74, 6) is -0.566. The van der Waals surface area contributed by atoms with Crippen LogP contribution in [0, 0.1) is 0 Å². The van der Waals surface area contributed by atoms with E-state index < -0.39 is 12.1 Å². The zero-order valence-corrected chi connectivity index (χ0v) is 20.8. The number of halogens is 1. The van der Waals surface area contributed by atoms with Gasteiger partial charge in [-0.2, -0.15) is 0 Å². The molecule has 0 aromatic heterocycles. The fourth-order valence-electron chi connectivity index (χ4n) is 4.57. The number of urea groups is 1. The van der Waals surface area contributed by atoms with E-state index in [9.17, 15) is 14.4 Å². The summed E-state index contributed by atoms with van der Waals surface area (Å²) in [5.41, 5.74) is 2.68. The molecule has 0 aliphatic carbocycles. The van der Waals surface area contributed by atoms with Gasteiger partial charge in [0.2, 0.25) is 5.91 Å². The van der Waals surface area contributed by atoms with Crippen molar-refractivity contribution in [2.45, 2.75) is 18.5 Å². The number of carbonyl (C=O) groups is 3. The Hall–Kier alpha value is -3.62. The number of rotatable bonds is 10. The lowest BCUT2D eigenvalue weighted by molar-refractivity contribution is -0.136. The van der Waals surface area contributed by atoms with Gasteiger partial charge in [0.05, 0.1) is 30.5 Å². The fourth-order valence-corrected chi connectivity index (χ4v) is 4.69. The third kappa shape index (κ3) is 5.29. The van der Waals surface area contributed by atoms with Gasteiger partial charge in [-0.1, -0.05) is 60.1 Å². The minimum absolute atomic E-state index is 0.134. The van der Waals surface area contributed by atoms with Crippen LogP contribution in [0.4, 0.5) is 4.79 Å². The van der Waals surface area contributed by atoms with Crippen molar-refractivity contribution in [3.63, 3.8) is 0 Å². The number of ether oxygens (including phenoxy) is 1. The second-order valence-electron chi connectivity index (χ2n) is 8.62. The second kappa shape index (κ2) is 11.4. The molecule has 0 radical (unpaired) electrons. The van der Waals surface area contributed by atoms with Crippen LogP contribution >= 0.6 is 11.6 Å². The van der Waals surface area contributed by atoms with Gasteiger partial charge in [-0.15, -0.1) is 6.58 Å². The molecule has 0 saturated heterocycles. The van der Waals surface area contributed by atoms with Crippen LogP contribution < -0.4 is 10.6 Å². The Morgan fingerprint density at radius 2 is 1.94 bits per heavy atom. The van der Waals surface area contributed by atoms with E-state index in [0.717, 1.165) is 11.1 Å². The van der Waals surface area contributed by atoms with Gasteiger partial charge in [0.15, 0.2) is 0 Å². The molecule has 9 heteroatoms. The summed E-state index contributed by atoms with van der Waals surface area (Å²) in [6.07, 6.45) is 1.94. The highest BCUT2D eigenvalue weighted by Crippen LogP contribution is 2.37. The summed E-state index contributed by atoms with van der Waals surface area (Å²) in [5, 5.41) is 6.37. The maximum Gasteiger partial charge on any atom is 0.322 e. The number of amides is 4. The molecular weight excluding hydrogens is 480 g/mol. The predicted octanol–water partition coefficient (Wildman–Crippen LogP) is 3.06. The standard InChI is InChI=1S/C27H29ClN4O4/c1-3-14-31-22-17-32(21(25(33)29-13-15-36-2)16-18-7-5-4-6-8-18)26(34)23(22)24(30-27(31)35)19-9-11-20(28)12-10-19/h3-12,21,24H,1,13-17H2,2H3,(H,29,33)(H,30,35). The molecule has 4 amide bonds. The molecule has 2 unspecified atom stereocenters. The molecule has 0 saturated carbocycles. The molecule has 0 spiro atoms. The van der Waals surface area contributed by atoms with Crippen LogP contribution in [-0.4, -0.2) is 67.0 Å². The molecule has 36 heavy (non-hydrogen) atoms. The van der Waals surface area contributed by atoms with E-state index in [1.807, 2.05) is 30.3 Å². The van der Waals surface area contributed by atoms with Crippen molar-refractivity contribution < 1.29 is 19.1 Å². The highest BCUT2D eigenvalue weighted by atomic mass is 35.5. The first-order chi connectivity index (χ1) is 17.4. The molecule has 2 N–H and O–H groups in total. The van der Waals surface area contributed by atoms with Gasteiger partial charge < -0.3 is 20.3 Å². The Morgan fingerprint density at radius 3 is 2.61 bits per heavy atom. The molecule has 0 fully saturated rings. The van der Waals surface area contributed by atoms with Gasteiger partial charge in [0, 0.05) is 31.6 Å². The minimum atomic E-state index is -0.770. The summed E-state index contributed by atoms with van der Waals surface area (Å²) in [7, 11) is 1.56. The van der Waals surface area contributed by atoms with E-state index in [4.69, 9.17) is 16.3 Å². The Bertz CT molecular complexity index is 1170. The van der Waals surface area contributed by atoms with Crippen LogP contribution in [0.1, 0.15) is 17.2 Å². The van der Waals surface area contributed by atoms with Crippen molar-refractivity contribution in [3.8, 4) is 0 Å². The monoisotopic (exact) mass is 508 g/mol. The lowest BCUT2D eigenvalue weighted by Crippen LogP contribution is -2.50. The lowest BCUT2D eigenvalue weighted by Gasteiger charge is -2.33. The van der Waals surface area contributed by atoms with Gasteiger partial charge in [-0.25, -0.2) is 4.79 Å². The fraction of sp³-hybridized carbons (Fsp3) is 0.296. The van der Waals surface area contributed by atoms with Gasteiger partial charge in [0.25, 0.3) is 5.91 Å². The number of nitrogens with zero attached hydrogens (tertiary/aromatic N) is 2. The van der Waals surface area contributed by atoms with Crippen molar-refractivity contribution >= 4 is 29.4 Å². The maximum absolute atomic E-state index is 13.9. The van der Waals surface area contributed by atoms with Crippen LogP contribution in [0.25, 0.3) is 0 Å². The Balaban J connectivity index is 1.70. The number of nitrogens with one attached hydrogen (secondary N) is 2. The number of hydrogen-bond donors (Lipinski definition) is 2. The smallest absolute Gasteiger partial charge is 0.322 e. The van der Waals surface area contributed by atoms with Crippen molar-refractivity contribution in [3.05, 3.63) is 94.7 Å². The van der Waals surface area contributed by atoms with E-state index >= 15 is 0 Å². The molecule has 2 atom stereocenters. The molecular formula is C27H29ClN4O4. The lowest BCUT2D eigenvalue weighted by atomic mass is 9.95. The first kappa shape index (κ1) is 25.5. The average molecular weight is 509 g/mol. The zero-order chi connectivity index (χ0) is 25.7. The van der Waals surface area contributed by atoms with Gasteiger partial charge in [0.1, 0.15) is 6.04 Å². The molecule has 2 aromatic carbocycles. The third-order valence-electron chi connectivity index (χ3n) is 6.32. The quantitative estimate of drug-likeness (QED) is 0.381. The van der Waals surface area contributed by atoms with Gasteiger partial charge >= 0.3 is 6.03 Å². The molecule has 0 bridgehead atoms. The average Bonchev–Trinajstić information content (AvgIpc) is 3.22. The normalized spacial score (nSPS) is 18.1. The van der Waals surface area contributed by atoms with Crippen LogP contribution in [0.3, 0.4) is 0 Å². The van der Waals surface area contributed by atoms with Crippen LogP contribution in [0.5, 0.6) is 0 Å². The van der Waals surface area contributed by atoms with Gasteiger partial charge in [-0.3, -0.25) is 14.5 Å². The highest BCUT2D eigenvalue weighted by molar-refractivity contribution is 6.30. The van der Waals surface area contributed by atoms with Crippen molar-refractivity contribution in [1.29, 1.82) is 0 Å². The second-order valence-corrected chi connectivity index (χ2v) is 9.05. The summed E-state index contributed by atoms with van der Waals surface area (Å²) < 4.78 is 5.06. The largest absolute Gasteiger partial charge is 0.383 e. The van der Waals surface area contributed by atoms with Crippen molar-refractivity contribution in [2.24, 2.45) is 0 Å². The maximum atomic E-state index is 13.9. The highest BCUT2D eigenvalue weighted by Gasteiger charge is 2.46. The summed E-state index contributed by atoms with van der Waals surface area (Å²) in [6, 6.07) is 14.8. The molecule has 2 aliphatic rings. The Morgan fingerprint density at radius 1 is 1.22 bits per heavy atom. The van der Waals surface area contributed by atoms with Gasteiger partial charge in [-0.05, 0) is 23.3 Å². The van der Waals surface area contributed by atoms with E-state index in [1.54, 1.807) is 42.4 Å². The predicted molar refractivity (Wildman–Crippen MR) is 137 cm³/mol. The molecule has 8 nitrogen and oxygen atoms in total. The first-order valence-electron chi connectivity index (χ1n) is 11.7. The SMILES string of the molecule is C=CCN1C(=O)NC(c2ccc(Cl)cc2)C2=C1CN(C(Cc1ccccc1)C(=O)NCCOC)C2=O. The van der Waals surface area contributed by atoms with Crippen LogP contribution in [0.15, 0.2) is 78.5 Å². The van der Waals surface area contributed by atoms with Crippen LogP contribution in [-0.2, 0) is 20.7 Å². The van der Waals surface area contributed by atoms with Crippen LogP contribution in [0.2, 0.25) is 5.02 Å². The number of hydrogen-bond acceptors (Lipinski definition) is 4. The van der Waals surface area contributed by atoms with E-state index in [2.05, 4.69) is 17.2 Å². The summed E-state index contributed by atoms with van der Waals surface area (Å²) in [4.78, 5) is 43.4. The summed E-state index contributed by atoms with van der Waals surface area (Å²) >= 11 is 6.07. The topological polar surface area (TPSA) is 91.0 Å². The molecule has 188 valence electrons. The van der Waals surface area contributed by atoms with Crippen molar-refractivity contribution in [2.75, 3.05) is 33.4 Å². The minimum Gasteiger partial charge on any atom is -0.383 e. The Kier molecular flexibility index (Phi) is 8.07.